The van der Waals surface area contributed by atoms with Gasteiger partial charge in [-0.05, 0) is 30.5 Å². The average Bonchev–Trinajstić information content (AvgIpc) is 3.17. The Bertz CT molecular complexity index is 983. The van der Waals surface area contributed by atoms with Crippen LogP contribution in [0.2, 0.25) is 0 Å². The molecular formula is C21H21BrN4O2S. The molecule has 0 spiro atoms. The summed E-state index contributed by atoms with van der Waals surface area (Å²) in [7, 11) is 0. The van der Waals surface area contributed by atoms with Crippen LogP contribution in [0.5, 0.6) is 0 Å². The van der Waals surface area contributed by atoms with Crippen molar-refractivity contribution in [1.29, 1.82) is 0 Å². The van der Waals surface area contributed by atoms with Crippen molar-refractivity contribution < 1.29 is 4.92 Å². The van der Waals surface area contributed by atoms with E-state index in [2.05, 4.69) is 42.8 Å². The summed E-state index contributed by atoms with van der Waals surface area (Å²) in [6.45, 7) is 0. The molecule has 1 aliphatic rings. The molecule has 0 N–H and O–H groups in total. The van der Waals surface area contributed by atoms with Crippen LogP contribution < -0.4 is 0 Å². The molecule has 0 amide bonds. The summed E-state index contributed by atoms with van der Waals surface area (Å²) < 4.78 is 3.34. The zero-order valence-corrected chi connectivity index (χ0v) is 18.2. The maximum Gasteiger partial charge on any atom is 0.269 e. The normalized spacial score (nSPS) is 14.8. The Morgan fingerprint density at radius 1 is 1.03 bits per heavy atom. The zero-order chi connectivity index (χ0) is 20.2. The number of nitro benzene ring substituents is 1. The summed E-state index contributed by atoms with van der Waals surface area (Å²) in [6.07, 6.45) is 6.04. The topological polar surface area (TPSA) is 73.8 Å². The zero-order valence-electron chi connectivity index (χ0n) is 15.8. The number of hydrogen-bond acceptors (Lipinski definition) is 5. The molecule has 1 aromatic heterocycles. The minimum absolute atomic E-state index is 0.113. The quantitative estimate of drug-likeness (QED) is 0.235. The van der Waals surface area contributed by atoms with Gasteiger partial charge >= 0.3 is 0 Å². The molecule has 0 bridgehead atoms. The van der Waals surface area contributed by atoms with Crippen molar-refractivity contribution in [1.82, 2.24) is 14.8 Å². The van der Waals surface area contributed by atoms with E-state index in [0.717, 1.165) is 39.4 Å². The first-order chi connectivity index (χ1) is 14.1. The highest BCUT2D eigenvalue weighted by molar-refractivity contribution is 9.10. The largest absolute Gasteiger partial charge is 0.299 e. The minimum atomic E-state index is -0.374. The second-order valence-corrected chi connectivity index (χ2v) is 9.05. The van der Waals surface area contributed by atoms with Crippen LogP contribution in [0.4, 0.5) is 5.69 Å². The highest BCUT2D eigenvalue weighted by atomic mass is 79.9. The lowest BCUT2D eigenvalue weighted by Gasteiger charge is -2.25. The molecule has 0 aliphatic heterocycles. The third-order valence-electron chi connectivity index (χ3n) is 5.22. The van der Waals surface area contributed by atoms with Crippen molar-refractivity contribution in [3.63, 3.8) is 0 Å². The standard InChI is InChI=1S/C21H21BrN4O2S/c22-17-10-8-16(9-11-17)20-23-24-21(25(20)18-4-2-1-3-5-18)29-14-15-6-12-19(13-7-15)26(27)28/h6-13,18H,1-5,14H2. The first kappa shape index (κ1) is 20.1. The van der Waals surface area contributed by atoms with Gasteiger partial charge in [-0.25, -0.2) is 0 Å². The van der Waals surface area contributed by atoms with Crippen LogP contribution in [0.3, 0.4) is 0 Å². The van der Waals surface area contributed by atoms with Gasteiger partial charge in [0.05, 0.1) is 4.92 Å². The monoisotopic (exact) mass is 472 g/mol. The molecule has 29 heavy (non-hydrogen) atoms. The van der Waals surface area contributed by atoms with Gasteiger partial charge in [0, 0.05) is 34.0 Å². The Hall–Kier alpha value is -2.19. The molecule has 1 heterocycles. The van der Waals surface area contributed by atoms with Gasteiger partial charge in [0.15, 0.2) is 11.0 Å². The van der Waals surface area contributed by atoms with Crippen LogP contribution in [-0.4, -0.2) is 19.7 Å². The highest BCUT2D eigenvalue weighted by Gasteiger charge is 2.24. The third-order valence-corrected chi connectivity index (χ3v) is 6.76. The number of hydrogen-bond donors (Lipinski definition) is 0. The van der Waals surface area contributed by atoms with Crippen molar-refractivity contribution in [2.45, 2.75) is 49.1 Å². The number of aromatic nitrogens is 3. The van der Waals surface area contributed by atoms with E-state index in [-0.39, 0.29) is 10.6 Å². The molecular weight excluding hydrogens is 452 g/mol. The van der Waals surface area contributed by atoms with Crippen LogP contribution in [0.25, 0.3) is 11.4 Å². The SMILES string of the molecule is O=[N+]([O-])c1ccc(CSc2nnc(-c3ccc(Br)cc3)n2C2CCCCC2)cc1. The number of non-ortho nitro benzene ring substituents is 1. The van der Waals surface area contributed by atoms with Gasteiger partial charge in [-0.1, -0.05) is 71.2 Å². The summed E-state index contributed by atoms with van der Waals surface area (Å²) in [6, 6.07) is 15.3. The first-order valence-corrected chi connectivity index (χ1v) is 11.5. The highest BCUT2D eigenvalue weighted by Crippen LogP contribution is 2.36. The summed E-state index contributed by atoms with van der Waals surface area (Å²) in [4.78, 5) is 10.5. The molecule has 8 heteroatoms. The summed E-state index contributed by atoms with van der Waals surface area (Å²) in [5, 5.41) is 20.8. The average molecular weight is 473 g/mol. The lowest BCUT2D eigenvalue weighted by atomic mass is 9.95. The van der Waals surface area contributed by atoms with E-state index >= 15 is 0 Å². The fraction of sp³-hybridized carbons (Fsp3) is 0.333. The van der Waals surface area contributed by atoms with Gasteiger partial charge in [0.2, 0.25) is 0 Å². The predicted octanol–water partition coefficient (Wildman–Crippen LogP) is 6.41. The summed E-state index contributed by atoms with van der Waals surface area (Å²) in [5.41, 5.74) is 2.21. The van der Waals surface area contributed by atoms with Crippen molar-refractivity contribution in [3.8, 4) is 11.4 Å². The van der Waals surface area contributed by atoms with Crippen molar-refractivity contribution >= 4 is 33.4 Å². The number of halogens is 1. The number of rotatable bonds is 6. The molecule has 1 saturated carbocycles. The van der Waals surface area contributed by atoms with Gasteiger partial charge < -0.3 is 0 Å². The van der Waals surface area contributed by atoms with Crippen molar-refractivity contribution in [2.24, 2.45) is 0 Å². The third kappa shape index (κ3) is 4.70. The van der Waals surface area contributed by atoms with E-state index in [1.54, 1.807) is 23.9 Å². The van der Waals surface area contributed by atoms with E-state index in [1.807, 2.05) is 24.3 Å². The predicted molar refractivity (Wildman–Crippen MR) is 118 cm³/mol. The Kier molecular flexibility index (Phi) is 6.30. The summed E-state index contributed by atoms with van der Waals surface area (Å²) in [5.74, 6) is 1.61. The molecule has 1 aliphatic carbocycles. The molecule has 6 nitrogen and oxygen atoms in total. The molecule has 0 unspecified atom stereocenters. The fourth-order valence-corrected chi connectivity index (χ4v) is 4.93. The molecule has 3 aromatic rings. The van der Waals surface area contributed by atoms with E-state index in [1.165, 1.54) is 19.3 Å². The Morgan fingerprint density at radius 2 is 1.72 bits per heavy atom. The second-order valence-electron chi connectivity index (χ2n) is 7.19. The van der Waals surface area contributed by atoms with Crippen LogP contribution >= 0.6 is 27.7 Å². The molecule has 4 rings (SSSR count). The second kappa shape index (κ2) is 9.09. The number of nitrogens with zero attached hydrogens (tertiary/aromatic N) is 4. The smallest absolute Gasteiger partial charge is 0.269 e. The molecule has 0 atom stereocenters. The van der Waals surface area contributed by atoms with Crippen LogP contribution in [0, 0.1) is 10.1 Å². The Balaban J connectivity index is 1.60. The molecule has 2 aromatic carbocycles. The van der Waals surface area contributed by atoms with Crippen LogP contribution in [0.1, 0.15) is 43.7 Å². The van der Waals surface area contributed by atoms with E-state index in [9.17, 15) is 10.1 Å². The Morgan fingerprint density at radius 3 is 2.38 bits per heavy atom. The van der Waals surface area contributed by atoms with Crippen LogP contribution in [0.15, 0.2) is 58.2 Å². The minimum Gasteiger partial charge on any atom is -0.299 e. The maximum atomic E-state index is 10.8. The molecule has 0 saturated heterocycles. The number of benzene rings is 2. The van der Waals surface area contributed by atoms with Crippen LogP contribution in [-0.2, 0) is 5.75 Å². The van der Waals surface area contributed by atoms with E-state index in [4.69, 9.17) is 0 Å². The molecule has 1 fully saturated rings. The van der Waals surface area contributed by atoms with Gasteiger partial charge in [0.1, 0.15) is 0 Å². The lowest BCUT2D eigenvalue weighted by Crippen LogP contribution is -2.15. The van der Waals surface area contributed by atoms with Gasteiger partial charge in [0.25, 0.3) is 5.69 Å². The number of thioether (sulfide) groups is 1. The molecule has 150 valence electrons. The van der Waals surface area contributed by atoms with Crippen molar-refractivity contribution in [3.05, 3.63) is 68.7 Å². The van der Waals surface area contributed by atoms with Gasteiger partial charge in [-0.15, -0.1) is 10.2 Å². The lowest BCUT2D eigenvalue weighted by molar-refractivity contribution is -0.384. The Labute approximate surface area is 182 Å². The van der Waals surface area contributed by atoms with Crippen molar-refractivity contribution in [2.75, 3.05) is 0 Å². The molecule has 0 radical (unpaired) electrons. The summed E-state index contributed by atoms with van der Waals surface area (Å²) >= 11 is 5.13. The van der Waals surface area contributed by atoms with Gasteiger partial charge in [-0.3, -0.25) is 14.7 Å². The van der Waals surface area contributed by atoms with Gasteiger partial charge in [-0.2, -0.15) is 0 Å². The van der Waals surface area contributed by atoms with E-state index in [0.29, 0.717) is 11.8 Å². The number of nitro groups is 1. The first-order valence-electron chi connectivity index (χ1n) is 9.69. The van der Waals surface area contributed by atoms with E-state index < -0.39 is 0 Å². The maximum absolute atomic E-state index is 10.8. The fourth-order valence-electron chi connectivity index (χ4n) is 3.70.